The summed E-state index contributed by atoms with van der Waals surface area (Å²) >= 11 is 0. The Balaban J connectivity index is 0.000000490. The molecular formula is C6H9OY-. The van der Waals surface area contributed by atoms with E-state index in [-0.39, 0.29) is 32.7 Å². The molecule has 0 saturated heterocycles. The maximum Gasteiger partial charge on any atom is 0.0884 e. The average Bonchev–Trinajstić information content (AvgIpc) is 1.69. The second-order valence-corrected chi connectivity index (χ2v) is 1.81. The van der Waals surface area contributed by atoms with E-state index < -0.39 is 0 Å². The van der Waals surface area contributed by atoms with Gasteiger partial charge >= 0.3 is 0 Å². The Morgan fingerprint density at radius 1 is 1.75 bits per heavy atom. The van der Waals surface area contributed by atoms with Crippen molar-refractivity contribution in [3.63, 3.8) is 0 Å². The van der Waals surface area contributed by atoms with Crippen molar-refractivity contribution in [3.8, 4) is 0 Å². The summed E-state index contributed by atoms with van der Waals surface area (Å²) < 4.78 is 5.04. The Kier molecular flexibility index (Phi) is 4.88. The van der Waals surface area contributed by atoms with Gasteiger partial charge in [-0.25, -0.2) is 0 Å². The van der Waals surface area contributed by atoms with E-state index in [0.717, 1.165) is 12.8 Å². The minimum Gasteiger partial charge on any atom is -0.535 e. The molecule has 0 aromatic rings. The molecule has 1 heterocycles. The molecule has 1 aliphatic heterocycles. The second kappa shape index (κ2) is 4.52. The van der Waals surface area contributed by atoms with Crippen molar-refractivity contribution in [3.05, 3.63) is 12.3 Å². The largest absolute Gasteiger partial charge is 0.535 e. The summed E-state index contributed by atoms with van der Waals surface area (Å²) in [4.78, 5) is 0. The Hall–Kier alpha value is 0.644. The first kappa shape index (κ1) is 8.64. The third-order valence-electron chi connectivity index (χ3n) is 1.08. The summed E-state index contributed by atoms with van der Waals surface area (Å²) in [6.07, 6.45) is 7.22. The molecule has 0 N–H and O–H groups in total. The van der Waals surface area contributed by atoms with Crippen LogP contribution in [0.1, 0.15) is 19.8 Å². The van der Waals surface area contributed by atoms with Crippen molar-refractivity contribution in [1.82, 2.24) is 0 Å². The van der Waals surface area contributed by atoms with Gasteiger partial charge in [-0.15, -0.1) is 0 Å². The van der Waals surface area contributed by atoms with E-state index >= 15 is 0 Å². The van der Waals surface area contributed by atoms with E-state index in [1.165, 1.54) is 0 Å². The minimum absolute atomic E-state index is 0. The van der Waals surface area contributed by atoms with Gasteiger partial charge in [0.25, 0.3) is 0 Å². The molecule has 0 saturated carbocycles. The number of rotatable bonds is 0. The predicted molar refractivity (Wildman–Crippen MR) is 27.6 cm³/mol. The average molecular weight is 186 g/mol. The van der Waals surface area contributed by atoms with Crippen LogP contribution in [0.4, 0.5) is 0 Å². The van der Waals surface area contributed by atoms with Crippen molar-refractivity contribution >= 4 is 0 Å². The summed E-state index contributed by atoms with van der Waals surface area (Å²) in [5.41, 5.74) is 0. The van der Waals surface area contributed by atoms with Gasteiger partial charge < -0.3 is 10.8 Å². The Morgan fingerprint density at radius 2 is 2.50 bits per heavy atom. The molecule has 0 aliphatic carbocycles. The van der Waals surface area contributed by atoms with E-state index in [4.69, 9.17) is 4.74 Å². The van der Waals surface area contributed by atoms with Gasteiger partial charge in [0, 0.05) is 32.7 Å². The molecule has 1 rings (SSSR count). The Bertz CT molecular complexity index is 80.6. The van der Waals surface area contributed by atoms with Gasteiger partial charge in [-0.2, -0.15) is 6.42 Å². The van der Waals surface area contributed by atoms with Crippen molar-refractivity contribution in [2.75, 3.05) is 0 Å². The van der Waals surface area contributed by atoms with E-state index in [2.05, 4.69) is 13.0 Å². The molecule has 0 fully saturated rings. The molecule has 1 nitrogen and oxygen atoms in total. The van der Waals surface area contributed by atoms with Gasteiger partial charge in [-0.05, 0) is 13.3 Å². The predicted octanol–water partition coefficient (Wildman–Crippen LogP) is 1.50. The summed E-state index contributed by atoms with van der Waals surface area (Å²) in [6.45, 7) is 2.07. The summed E-state index contributed by atoms with van der Waals surface area (Å²) in [5, 5.41) is 0. The smallest absolute Gasteiger partial charge is 0.0884 e. The summed E-state index contributed by atoms with van der Waals surface area (Å²) in [5.74, 6) is 0. The normalized spacial score (nSPS) is 25.9. The number of hydrogen-bond donors (Lipinski definition) is 0. The van der Waals surface area contributed by atoms with Gasteiger partial charge in [-0.3, -0.25) is 0 Å². The van der Waals surface area contributed by atoms with Gasteiger partial charge in [-0.1, -0.05) is 6.26 Å². The summed E-state index contributed by atoms with van der Waals surface area (Å²) in [7, 11) is 0. The molecule has 0 bridgehead atoms. The molecule has 1 atom stereocenters. The molecule has 1 unspecified atom stereocenters. The third-order valence-corrected chi connectivity index (χ3v) is 1.08. The van der Waals surface area contributed by atoms with E-state index in [0.29, 0.717) is 6.10 Å². The van der Waals surface area contributed by atoms with Crippen molar-refractivity contribution in [2.24, 2.45) is 0 Å². The standard InChI is InChI=1S/C6H9O.Y/c1-6-4-2-3-5-7-6;/h5-6H,2,4H2,1H3;/q-1;. The van der Waals surface area contributed by atoms with Crippen LogP contribution in [0.25, 0.3) is 0 Å². The van der Waals surface area contributed by atoms with Gasteiger partial charge in [0.05, 0.1) is 6.10 Å². The Labute approximate surface area is 75.4 Å². The molecule has 0 aromatic heterocycles. The molecular weight excluding hydrogens is 177 g/mol. The van der Waals surface area contributed by atoms with E-state index in [1.54, 1.807) is 6.26 Å². The van der Waals surface area contributed by atoms with Crippen LogP contribution in [0.3, 0.4) is 0 Å². The molecule has 0 spiro atoms. The maximum atomic E-state index is 5.04. The molecule has 8 heavy (non-hydrogen) atoms. The van der Waals surface area contributed by atoms with Gasteiger partial charge in [0.1, 0.15) is 0 Å². The first-order chi connectivity index (χ1) is 3.39. The van der Waals surface area contributed by atoms with Crippen LogP contribution in [0.2, 0.25) is 0 Å². The van der Waals surface area contributed by atoms with E-state index in [1.807, 2.05) is 0 Å². The van der Waals surface area contributed by atoms with Crippen LogP contribution in [0.5, 0.6) is 0 Å². The molecule has 2 heteroatoms. The van der Waals surface area contributed by atoms with Crippen molar-refractivity contribution < 1.29 is 37.4 Å². The zero-order chi connectivity index (χ0) is 5.11. The molecule has 0 aromatic carbocycles. The quantitative estimate of drug-likeness (QED) is 0.521. The fraction of sp³-hybridized carbons (Fsp3) is 0.667. The molecule has 1 radical (unpaired) electrons. The fourth-order valence-electron chi connectivity index (χ4n) is 0.578. The molecule has 0 amide bonds. The van der Waals surface area contributed by atoms with Crippen LogP contribution in [0.15, 0.2) is 6.26 Å². The zero-order valence-electron chi connectivity index (χ0n) is 5.05. The monoisotopic (exact) mass is 186 g/mol. The molecule has 43 valence electrons. The van der Waals surface area contributed by atoms with Crippen LogP contribution >= 0.6 is 0 Å². The van der Waals surface area contributed by atoms with Gasteiger partial charge in [0.2, 0.25) is 0 Å². The number of allylic oxidation sites excluding steroid dienone is 1. The fourth-order valence-corrected chi connectivity index (χ4v) is 0.578. The van der Waals surface area contributed by atoms with Crippen LogP contribution in [0, 0.1) is 6.08 Å². The maximum absolute atomic E-state index is 5.04. The third kappa shape index (κ3) is 2.83. The summed E-state index contributed by atoms with van der Waals surface area (Å²) in [6, 6.07) is 0. The zero-order valence-corrected chi connectivity index (χ0v) is 7.89. The second-order valence-electron chi connectivity index (χ2n) is 1.81. The SMILES string of the molecule is CC1CC[C-]=CO1.[Y]. The van der Waals surface area contributed by atoms with Crippen LogP contribution < -0.4 is 0 Å². The number of ether oxygens (including phenoxy) is 1. The number of hydrogen-bond acceptors (Lipinski definition) is 1. The van der Waals surface area contributed by atoms with Crippen LogP contribution in [-0.2, 0) is 37.4 Å². The Morgan fingerprint density at radius 3 is 2.75 bits per heavy atom. The van der Waals surface area contributed by atoms with E-state index in [9.17, 15) is 0 Å². The first-order valence-corrected chi connectivity index (χ1v) is 2.60. The van der Waals surface area contributed by atoms with Gasteiger partial charge in [0.15, 0.2) is 0 Å². The van der Waals surface area contributed by atoms with Crippen LogP contribution in [-0.4, -0.2) is 6.10 Å². The minimum atomic E-state index is 0. The first-order valence-electron chi connectivity index (χ1n) is 2.60. The molecule has 1 aliphatic rings. The van der Waals surface area contributed by atoms with Crippen molar-refractivity contribution in [1.29, 1.82) is 0 Å². The van der Waals surface area contributed by atoms with Crippen molar-refractivity contribution in [2.45, 2.75) is 25.9 Å². The topological polar surface area (TPSA) is 9.23 Å².